The summed E-state index contributed by atoms with van der Waals surface area (Å²) in [6.45, 7) is 7.70. The molecule has 0 aliphatic carbocycles. The fourth-order valence-electron chi connectivity index (χ4n) is 3.43. The molecule has 0 amide bonds. The van der Waals surface area contributed by atoms with Crippen molar-refractivity contribution in [2.75, 3.05) is 30.8 Å². The third-order valence-electron chi connectivity index (χ3n) is 4.62. The number of aromatic nitrogens is 2. The van der Waals surface area contributed by atoms with Gasteiger partial charge in [-0.1, -0.05) is 24.1 Å². The highest BCUT2D eigenvalue weighted by atomic mass is 35.5. The number of piperidine rings is 1. The Hall–Kier alpha value is -1.04. The number of para-hydroxylation sites is 1. The highest BCUT2D eigenvalue weighted by Crippen LogP contribution is 2.30. The highest BCUT2D eigenvalue weighted by Gasteiger charge is 2.25. The summed E-state index contributed by atoms with van der Waals surface area (Å²) in [4.78, 5) is 11.3. The standard InChI is InChI=1S/C18H25ClN4S/c1-13(2)23(24-3)12-14-7-6-10-22(11-14)17-15-8-4-5-9-16(15)20-18(19)21-17/h4-5,8-9,13-14H,6-7,10-12H2,1-3H3. The molecule has 2 aromatic rings. The van der Waals surface area contributed by atoms with E-state index >= 15 is 0 Å². The largest absolute Gasteiger partial charge is 0.356 e. The molecule has 130 valence electrons. The summed E-state index contributed by atoms with van der Waals surface area (Å²) in [6, 6.07) is 8.69. The molecule has 4 nitrogen and oxygen atoms in total. The van der Waals surface area contributed by atoms with Gasteiger partial charge in [0.1, 0.15) is 5.82 Å². The van der Waals surface area contributed by atoms with E-state index < -0.39 is 0 Å². The summed E-state index contributed by atoms with van der Waals surface area (Å²) in [5, 5.41) is 1.42. The molecule has 1 unspecified atom stereocenters. The minimum Gasteiger partial charge on any atom is -0.356 e. The Morgan fingerprint density at radius 1 is 1.33 bits per heavy atom. The number of fused-ring (bicyclic) bond motifs is 1. The van der Waals surface area contributed by atoms with Gasteiger partial charge in [0.05, 0.1) is 5.52 Å². The minimum atomic E-state index is 0.332. The molecule has 1 aliphatic rings. The molecule has 0 radical (unpaired) electrons. The normalized spacial score (nSPS) is 18.8. The summed E-state index contributed by atoms with van der Waals surface area (Å²) in [6.07, 6.45) is 4.64. The second-order valence-corrected chi connectivity index (χ2v) is 7.84. The third kappa shape index (κ3) is 3.95. The van der Waals surface area contributed by atoms with Gasteiger partial charge >= 0.3 is 0 Å². The summed E-state index contributed by atoms with van der Waals surface area (Å²) in [7, 11) is 0. The molecule has 6 heteroatoms. The van der Waals surface area contributed by atoms with Crippen molar-refractivity contribution < 1.29 is 0 Å². The lowest BCUT2D eigenvalue weighted by atomic mass is 9.97. The summed E-state index contributed by atoms with van der Waals surface area (Å²) >= 11 is 8.01. The maximum atomic E-state index is 6.17. The Morgan fingerprint density at radius 2 is 2.12 bits per heavy atom. The van der Waals surface area contributed by atoms with Crippen LogP contribution >= 0.6 is 23.5 Å². The van der Waals surface area contributed by atoms with E-state index in [1.165, 1.54) is 12.8 Å². The van der Waals surface area contributed by atoms with Crippen LogP contribution in [0.1, 0.15) is 26.7 Å². The number of hydrogen-bond donors (Lipinski definition) is 0. The molecule has 2 heterocycles. The van der Waals surface area contributed by atoms with Crippen LogP contribution in [-0.2, 0) is 0 Å². The van der Waals surface area contributed by atoms with Gasteiger partial charge in [-0.3, -0.25) is 0 Å². The van der Waals surface area contributed by atoms with E-state index in [1.54, 1.807) is 0 Å². The van der Waals surface area contributed by atoms with Gasteiger partial charge in [-0.15, -0.1) is 0 Å². The zero-order valence-electron chi connectivity index (χ0n) is 14.6. The Morgan fingerprint density at radius 3 is 2.88 bits per heavy atom. The number of halogens is 1. The monoisotopic (exact) mass is 364 g/mol. The number of benzene rings is 1. The van der Waals surface area contributed by atoms with Crippen molar-refractivity contribution in [3.8, 4) is 0 Å². The predicted molar refractivity (Wildman–Crippen MR) is 105 cm³/mol. The molecular formula is C18H25ClN4S. The van der Waals surface area contributed by atoms with Crippen LogP contribution in [0.15, 0.2) is 24.3 Å². The van der Waals surface area contributed by atoms with E-state index in [9.17, 15) is 0 Å². The maximum Gasteiger partial charge on any atom is 0.224 e. The Balaban J connectivity index is 1.82. The molecule has 1 saturated heterocycles. The van der Waals surface area contributed by atoms with Crippen LogP contribution in [0.4, 0.5) is 5.82 Å². The smallest absolute Gasteiger partial charge is 0.224 e. The molecule has 1 aromatic carbocycles. The number of rotatable bonds is 5. The Kier molecular flexibility index (Phi) is 5.85. The van der Waals surface area contributed by atoms with Crippen molar-refractivity contribution in [3.05, 3.63) is 29.5 Å². The van der Waals surface area contributed by atoms with E-state index in [1.807, 2.05) is 30.1 Å². The van der Waals surface area contributed by atoms with Crippen LogP contribution in [0.5, 0.6) is 0 Å². The van der Waals surface area contributed by atoms with Gasteiger partial charge in [-0.05, 0) is 62.6 Å². The quantitative estimate of drug-likeness (QED) is 0.576. The lowest BCUT2D eigenvalue weighted by Crippen LogP contribution is -2.41. The number of nitrogens with zero attached hydrogens (tertiary/aromatic N) is 4. The second-order valence-electron chi connectivity index (χ2n) is 6.66. The summed E-state index contributed by atoms with van der Waals surface area (Å²) < 4.78 is 2.47. The first-order valence-corrected chi connectivity index (χ1v) is 10.1. The lowest BCUT2D eigenvalue weighted by molar-refractivity contribution is 0.296. The average molecular weight is 365 g/mol. The highest BCUT2D eigenvalue weighted by molar-refractivity contribution is 7.96. The van der Waals surface area contributed by atoms with Gasteiger partial charge in [0, 0.05) is 31.1 Å². The van der Waals surface area contributed by atoms with Crippen LogP contribution in [0.25, 0.3) is 10.9 Å². The van der Waals surface area contributed by atoms with Crippen LogP contribution in [0, 0.1) is 5.92 Å². The number of hydrogen-bond acceptors (Lipinski definition) is 5. The van der Waals surface area contributed by atoms with Crippen molar-refractivity contribution in [1.82, 2.24) is 14.3 Å². The first-order valence-electron chi connectivity index (χ1n) is 8.56. The van der Waals surface area contributed by atoms with Crippen molar-refractivity contribution >= 4 is 40.3 Å². The van der Waals surface area contributed by atoms with E-state index in [2.05, 4.69) is 45.3 Å². The Labute approximate surface area is 153 Å². The maximum absolute atomic E-state index is 6.17. The molecule has 1 aromatic heterocycles. The van der Waals surface area contributed by atoms with Gasteiger partial charge in [0.25, 0.3) is 0 Å². The minimum absolute atomic E-state index is 0.332. The SMILES string of the molecule is CSN(CC1CCCN(c2nc(Cl)nc3ccccc23)C1)C(C)C. The average Bonchev–Trinajstić information content (AvgIpc) is 2.59. The van der Waals surface area contributed by atoms with Crippen molar-refractivity contribution in [1.29, 1.82) is 0 Å². The van der Waals surface area contributed by atoms with Gasteiger partial charge in [0.15, 0.2) is 0 Å². The molecule has 0 N–H and O–H groups in total. The molecule has 0 bridgehead atoms. The van der Waals surface area contributed by atoms with Gasteiger partial charge in [-0.25, -0.2) is 9.29 Å². The molecule has 24 heavy (non-hydrogen) atoms. The van der Waals surface area contributed by atoms with Gasteiger partial charge < -0.3 is 4.90 Å². The van der Waals surface area contributed by atoms with E-state index in [-0.39, 0.29) is 0 Å². The van der Waals surface area contributed by atoms with E-state index in [0.29, 0.717) is 17.2 Å². The zero-order valence-corrected chi connectivity index (χ0v) is 16.1. The fraction of sp³-hybridized carbons (Fsp3) is 0.556. The first-order chi connectivity index (χ1) is 11.6. The Bertz CT molecular complexity index is 694. The molecule has 1 aliphatic heterocycles. The van der Waals surface area contributed by atoms with Gasteiger partial charge in [0.2, 0.25) is 5.28 Å². The second kappa shape index (κ2) is 7.89. The lowest BCUT2D eigenvalue weighted by Gasteiger charge is -2.37. The summed E-state index contributed by atoms with van der Waals surface area (Å²) in [5.74, 6) is 1.64. The molecule has 3 rings (SSSR count). The molecule has 0 saturated carbocycles. The van der Waals surface area contributed by atoms with Crippen LogP contribution in [0.3, 0.4) is 0 Å². The van der Waals surface area contributed by atoms with Crippen molar-refractivity contribution in [2.24, 2.45) is 5.92 Å². The molecule has 1 atom stereocenters. The van der Waals surface area contributed by atoms with Gasteiger partial charge in [-0.2, -0.15) is 4.98 Å². The van der Waals surface area contributed by atoms with E-state index in [4.69, 9.17) is 11.6 Å². The van der Waals surface area contributed by atoms with E-state index in [0.717, 1.165) is 36.4 Å². The number of anilines is 1. The summed E-state index contributed by atoms with van der Waals surface area (Å²) in [5.41, 5.74) is 0.919. The van der Waals surface area contributed by atoms with Crippen molar-refractivity contribution in [2.45, 2.75) is 32.7 Å². The predicted octanol–water partition coefficient (Wildman–Crippen LogP) is 4.49. The van der Waals surface area contributed by atoms with Crippen LogP contribution in [0.2, 0.25) is 5.28 Å². The fourth-order valence-corrected chi connectivity index (χ4v) is 4.38. The molecule has 1 fully saturated rings. The molecular weight excluding hydrogens is 340 g/mol. The third-order valence-corrected chi connectivity index (χ3v) is 5.83. The zero-order chi connectivity index (χ0) is 17.1. The first kappa shape index (κ1) is 17.8. The topological polar surface area (TPSA) is 32.3 Å². The molecule has 0 spiro atoms. The van der Waals surface area contributed by atoms with Crippen LogP contribution < -0.4 is 4.90 Å². The van der Waals surface area contributed by atoms with Crippen molar-refractivity contribution in [3.63, 3.8) is 0 Å². The van der Waals surface area contributed by atoms with Crippen LogP contribution in [-0.4, -0.2) is 46.2 Å².